The van der Waals surface area contributed by atoms with Gasteiger partial charge in [-0.3, -0.25) is 10.2 Å². The fourth-order valence-electron chi connectivity index (χ4n) is 2.29. The Morgan fingerprint density at radius 1 is 1.29 bits per heavy atom. The molecular weight excluding hydrogens is 268 g/mol. The number of nitrogens with zero attached hydrogens (tertiary/aromatic N) is 1. The molecule has 112 valence electrons. The molecule has 1 aromatic carbocycles. The van der Waals surface area contributed by atoms with Crippen LogP contribution in [0.4, 0.5) is 5.69 Å². The number of hydrazone groups is 1. The van der Waals surface area contributed by atoms with Crippen molar-refractivity contribution >= 4 is 17.7 Å². The van der Waals surface area contributed by atoms with Gasteiger partial charge in [0, 0.05) is 12.8 Å². The highest BCUT2D eigenvalue weighted by atomic mass is 16.5. The summed E-state index contributed by atoms with van der Waals surface area (Å²) in [6.45, 7) is 3.93. The smallest absolute Gasteiger partial charge is 0.168 e. The zero-order valence-electron chi connectivity index (χ0n) is 12.5. The van der Waals surface area contributed by atoms with E-state index in [9.17, 15) is 9.90 Å². The molecule has 0 aromatic heterocycles. The molecule has 2 N–H and O–H groups in total. The molecule has 0 aliphatic heterocycles. The molecule has 1 aliphatic carbocycles. The number of aliphatic hydroxyl groups is 1. The third kappa shape index (κ3) is 3.84. The number of methoxy groups -OCH3 is 1. The zero-order valence-corrected chi connectivity index (χ0v) is 12.5. The lowest BCUT2D eigenvalue weighted by molar-refractivity contribution is -0.117. The summed E-state index contributed by atoms with van der Waals surface area (Å²) in [6, 6.07) is 7.25. The Balaban J connectivity index is 2.05. The van der Waals surface area contributed by atoms with Crippen molar-refractivity contribution in [3.63, 3.8) is 0 Å². The van der Waals surface area contributed by atoms with Crippen molar-refractivity contribution in [2.24, 2.45) is 10.5 Å². The molecule has 0 unspecified atom stereocenters. The molecule has 2 rings (SSSR count). The Hall–Kier alpha value is -2.30. The number of Topliss-reactive ketones (excluding diaryl/α,β-unsaturated/α-hetero) is 1. The van der Waals surface area contributed by atoms with Gasteiger partial charge < -0.3 is 9.84 Å². The molecule has 0 amide bonds. The lowest BCUT2D eigenvalue weighted by Crippen LogP contribution is -2.26. The molecule has 0 atom stereocenters. The number of carbonyl (C=O) groups excluding carboxylic acids is 1. The number of allylic oxidation sites excluding steroid dienone is 2. The number of hydrogen-bond acceptors (Lipinski definition) is 5. The third-order valence-electron chi connectivity index (χ3n) is 3.37. The van der Waals surface area contributed by atoms with Gasteiger partial charge in [-0.05, 0) is 29.7 Å². The number of benzene rings is 1. The van der Waals surface area contributed by atoms with Crippen LogP contribution >= 0.6 is 0 Å². The van der Waals surface area contributed by atoms with Crippen LogP contribution < -0.4 is 10.2 Å². The minimum atomic E-state index is -0.193. The molecule has 1 aliphatic rings. The molecule has 0 spiro atoms. The van der Waals surface area contributed by atoms with E-state index < -0.39 is 0 Å². The van der Waals surface area contributed by atoms with Gasteiger partial charge in [-0.15, -0.1) is 0 Å². The second-order valence-corrected chi connectivity index (χ2v) is 5.90. The van der Waals surface area contributed by atoms with Gasteiger partial charge in [-0.25, -0.2) is 0 Å². The minimum Gasteiger partial charge on any atom is -0.511 e. The number of ketones is 1. The third-order valence-corrected chi connectivity index (χ3v) is 3.37. The molecule has 0 fully saturated rings. The van der Waals surface area contributed by atoms with Gasteiger partial charge in [0.15, 0.2) is 5.78 Å². The maximum atomic E-state index is 12.0. The van der Waals surface area contributed by atoms with E-state index in [0.29, 0.717) is 12.8 Å². The standard InChI is InChI=1S/C16H20N2O3/c1-16(2)8-14(19)13(15(20)9-16)10-17-18-11-4-6-12(21-3)7-5-11/h4-7,10,18-19H,8-9H2,1-3H3/b17-10+. The number of hydrogen-bond donors (Lipinski definition) is 2. The van der Waals surface area contributed by atoms with E-state index in [2.05, 4.69) is 10.5 Å². The second kappa shape index (κ2) is 5.99. The summed E-state index contributed by atoms with van der Waals surface area (Å²) in [7, 11) is 1.60. The number of anilines is 1. The molecule has 5 heteroatoms. The van der Waals surface area contributed by atoms with Gasteiger partial charge >= 0.3 is 0 Å². The van der Waals surface area contributed by atoms with Gasteiger partial charge in [-0.1, -0.05) is 13.8 Å². The van der Waals surface area contributed by atoms with Crippen molar-refractivity contribution in [2.45, 2.75) is 26.7 Å². The molecule has 0 saturated carbocycles. The van der Waals surface area contributed by atoms with E-state index in [1.165, 1.54) is 6.21 Å². The van der Waals surface area contributed by atoms with E-state index in [1.807, 2.05) is 38.1 Å². The first-order valence-corrected chi connectivity index (χ1v) is 6.80. The average Bonchev–Trinajstić information content (AvgIpc) is 2.41. The molecular formula is C16H20N2O3. The zero-order chi connectivity index (χ0) is 15.5. The van der Waals surface area contributed by atoms with E-state index in [1.54, 1.807) is 7.11 Å². The van der Waals surface area contributed by atoms with Crippen LogP contribution in [0.15, 0.2) is 40.7 Å². The molecule has 0 bridgehead atoms. The van der Waals surface area contributed by atoms with Crippen LogP contribution in [0.25, 0.3) is 0 Å². The number of aliphatic hydroxyl groups excluding tert-OH is 1. The SMILES string of the molecule is COc1ccc(N/N=C/C2=C(O)CC(C)(C)CC2=O)cc1. The largest absolute Gasteiger partial charge is 0.511 e. The molecule has 5 nitrogen and oxygen atoms in total. The van der Waals surface area contributed by atoms with Crippen LogP contribution in [0.3, 0.4) is 0 Å². The number of rotatable bonds is 4. The first-order chi connectivity index (χ1) is 9.91. The van der Waals surface area contributed by atoms with Crippen molar-refractivity contribution in [3.8, 4) is 5.75 Å². The van der Waals surface area contributed by atoms with Crippen molar-refractivity contribution in [1.82, 2.24) is 0 Å². The second-order valence-electron chi connectivity index (χ2n) is 5.90. The highest BCUT2D eigenvalue weighted by Crippen LogP contribution is 2.35. The normalized spacial score (nSPS) is 18.1. The van der Waals surface area contributed by atoms with Crippen LogP contribution in [0.1, 0.15) is 26.7 Å². The lowest BCUT2D eigenvalue weighted by Gasteiger charge is -2.28. The minimum absolute atomic E-state index is 0.0796. The van der Waals surface area contributed by atoms with Crippen molar-refractivity contribution in [1.29, 1.82) is 0 Å². The lowest BCUT2D eigenvalue weighted by atomic mass is 9.77. The van der Waals surface area contributed by atoms with E-state index >= 15 is 0 Å². The average molecular weight is 288 g/mol. The molecule has 21 heavy (non-hydrogen) atoms. The van der Waals surface area contributed by atoms with Crippen LogP contribution in [0, 0.1) is 5.41 Å². The summed E-state index contributed by atoms with van der Waals surface area (Å²) in [6.07, 6.45) is 2.29. The Morgan fingerprint density at radius 3 is 2.52 bits per heavy atom. The Morgan fingerprint density at radius 2 is 1.95 bits per heavy atom. The topological polar surface area (TPSA) is 70.9 Å². The van der Waals surface area contributed by atoms with Crippen molar-refractivity contribution in [3.05, 3.63) is 35.6 Å². The van der Waals surface area contributed by atoms with Gasteiger partial charge in [0.1, 0.15) is 11.5 Å². The number of carbonyl (C=O) groups is 1. The maximum Gasteiger partial charge on any atom is 0.168 e. The first kappa shape index (κ1) is 15.1. The van der Waals surface area contributed by atoms with Crippen LogP contribution in [-0.2, 0) is 4.79 Å². The summed E-state index contributed by atoms with van der Waals surface area (Å²) >= 11 is 0. The molecule has 0 saturated heterocycles. The van der Waals surface area contributed by atoms with Gasteiger partial charge in [-0.2, -0.15) is 5.10 Å². The van der Waals surface area contributed by atoms with E-state index in [-0.39, 0.29) is 22.5 Å². The highest BCUT2D eigenvalue weighted by Gasteiger charge is 2.32. The number of nitrogens with one attached hydrogen (secondary N) is 1. The molecule has 0 heterocycles. The van der Waals surface area contributed by atoms with Gasteiger partial charge in [0.2, 0.25) is 0 Å². The summed E-state index contributed by atoms with van der Waals surface area (Å²) in [5.41, 5.74) is 3.69. The summed E-state index contributed by atoms with van der Waals surface area (Å²) in [5, 5.41) is 14.0. The van der Waals surface area contributed by atoms with E-state index in [4.69, 9.17) is 4.74 Å². The monoisotopic (exact) mass is 288 g/mol. The Bertz CT molecular complexity index is 586. The van der Waals surface area contributed by atoms with Crippen molar-refractivity contribution < 1.29 is 14.6 Å². The Kier molecular flexibility index (Phi) is 4.31. The summed E-state index contributed by atoms with van der Waals surface area (Å²) in [5.74, 6) is 0.787. The summed E-state index contributed by atoms with van der Waals surface area (Å²) in [4.78, 5) is 12.0. The first-order valence-electron chi connectivity index (χ1n) is 6.80. The number of ether oxygens (including phenoxy) is 1. The van der Waals surface area contributed by atoms with Crippen molar-refractivity contribution in [2.75, 3.05) is 12.5 Å². The van der Waals surface area contributed by atoms with Gasteiger partial charge in [0.05, 0.1) is 24.6 Å². The van der Waals surface area contributed by atoms with Crippen LogP contribution in [-0.4, -0.2) is 24.2 Å². The molecule has 1 aromatic rings. The Labute approximate surface area is 124 Å². The maximum absolute atomic E-state index is 12.0. The van der Waals surface area contributed by atoms with Gasteiger partial charge in [0.25, 0.3) is 0 Å². The molecule has 0 radical (unpaired) electrons. The highest BCUT2D eigenvalue weighted by molar-refractivity contribution is 6.14. The van der Waals surface area contributed by atoms with Crippen LogP contribution in [0.2, 0.25) is 0 Å². The predicted molar refractivity (Wildman–Crippen MR) is 82.8 cm³/mol. The summed E-state index contributed by atoms with van der Waals surface area (Å²) < 4.78 is 5.07. The van der Waals surface area contributed by atoms with Crippen LogP contribution in [0.5, 0.6) is 5.75 Å². The fourth-order valence-corrected chi connectivity index (χ4v) is 2.29. The predicted octanol–water partition coefficient (Wildman–Crippen LogP) is 3.29. The quantitative estimate of drug-likeness (QED) is 0.658. The van der Waals surface area contributed by atoms with E-state index in [0.717, 1.165) is 11.4 Å². The fraction of sp³-hybridized carbons (Fsp3) is 0.375.